The molecule has 2 aliphatic rings. The van der Waals surface area contributed by atoms with Crippen molar-refractivity contribution in [1.82, 2.24) is 25.5 Å². The third-order valence-electron chi connectivity index (χ3n) is 4.63. The summed E-state index contributed by atoms with van der Waals surface area (Å²) in [6.45, 7) is 5.05. The summed E-state index contributed by atoms with van der Waals surface area (Å²) in [6, 6.07) is 7.66. The van der Waals surface area contributed by atoms with Crippen molar-refractivity contribution in [2.45, 2.75) is 31.8 Å². The largest absolute Gasteiger partial charge is 0.378 e. The molecule has 1 atom stereocenters. The Labute approximate surface area is 151 Å². The number of rotatable bonds is 5. The van der Waals surface area contributed by atoms with E-state index in [2.05, 4.69) is 31.1 Å². The Kier molecular flexibility index (Phi) is 4.70. The fourth-order valence-electron chi connectivity index (χ4n) is 3.10. The molecule has 9 nitrogen and oxygen atoms in total. The number of hydrogen-bond donors (Lipinski definition) is 2. The minimum absolute atomic E-state index is 0.270. The molecule has 1 saturated heterocycles. The second-order valence-electron chi connectivity index (χ2n) is 6.68. The van der Waals surface area contributed by atoms with Gasteiger partial charge in [-0.3, -0.25) is 0 Å². The molecule has 1 aliphatic heterocycles. The highest BCUT2D eigenvalue weighted by atomic mass is 16.5. The van der Waals surface area contributed by atoms with Crippen molar-refractivity contribution in [3.63, 3.8) is 0 Å². The number of morpholine rings is 1. The SMILES string of the molecule is C[C@H](NC(=O)Nc1cccc(N2CCOCC2)c1)c1nnnn1C1CC1. The molecule has 2 aromatic rings. The Balaban J connectivity index is 1.37. The van der Waals surface area contributed by atoms with Crippen LogP contribution in [-0.4, -0.2) is 52.5 Å². The van der Waals surface area contributed by atoms with Crippen molar-refractivity contribution in [3.8, 4) is 0 Å². The van der Waals surface area contributed by atoms with E-state index in [9.17, 15) is 4.79 Å². The van der Waals surface area contributed by atoms with Gasteiger partial charge >= 0.3 is 6.03 Å². The molecule has 2 N–H and O–H groups in total. The van der Waals surface area contributed by atoms with Crippen molar-refractivity contribution in [3.05, 3.63) is 30.1 Å². The van der Waals surface area contributed by atoms with Crippen LogP contribution in [0.4, 0.5) is 16.2 Å². The van der Waals surface area contributed by atoms with Crippen molar-refractivity contribution in [2.75, 3.05) is 36.5 Å². The van der Waals surface area contributed by atoms with Gasteiger partial charge in [0.15, 0.2) is 5.82 Å². The number of benzene rings is 1. The number of aromatic nitrogens is 4. The number of tetrazole rings is 1. The number of carbonyl (C=O) groups is 1. The lowest BCUT2D eigenvalue weighted by atomic mass is 10.2. The van der Waals surface area contributed by atoms with E-state index in [-0.39, 0.29) is 12.1 Å². The molecule has 2 heterocycles. The predicted octanol–water partition coefficient (Wildman–Crippen LogP) is 1.73. The average molecular weight is 357 g/mol. The van der Waals surface area contributed by atoms with Crippen molar-refractivity contribution < 1.29 is 9.53 Å². The molecule has 2 fully saturated rings. The smallest absolute Gasteiger partial charge is 0.319 e. The summed E-state index contributed by atoms with van der Waals surface area (Å²) in [6.07, 6.45) is 2.18. The molecule has 138 valence electrons. The summed E-state index contributed by atoms with van der Waals surface area (Å²) in [5, 5.41) is 17.6. The van der Waals surface area contributed by atoms with E-state index >= 15 is 0 Å². The van der Waals surface area contributed by atoms with Gasteiger partial charge in [-0.05, 0) is 48.4 Å². The van der Waals surface area contributed by atoms with Crippen LogP contribution in [0.1, 0.15) is 37.7 Å². The van der Waals surface area contributed by atoms with Gasteiger partial charge in [-0.2, -0.15) is 0 Å². The second kappa shape index (κ2) is 7.28. The Morgan fingerprint density at radius 1 is 1.31 bits per heavy atom. The highest BCUT2D eigenvalue weighted by molar-refractivity contribution is 5.90. The summed E-state index contributed by atoms with van der Waals surface area (Å²) >= 11 is 0. The number of hydrogen-bond acceptors (Lipinski definition) is 6. The first-order valence-electron chi connectivity index (χ1n) is 8.99. The summed E-state index contributed by atoms with van der Waals surface area (Å²) < 4.78 is 7.20. The van der Waals surface area contributed by atoms with Gasteiger partial charge in [-0.15, -0.1) is 5.10 Å². The fraction of sp³-hybridized carbons (Fsp3) is 0.529. The van der Waals surface area contributed by atoms with E-state index < -0.39 is 0 Å². The molecule has 1 saturated carbocycles. The molecule has 9 heteroatoms. The third-order valence-corrected chi connectivity index (χ3v) is 4.63. The topological polar surface area (TPSA) is 97.2 Å². The van der Waals surface area contributed by atoms with Crippen LogP contribution in [0, 0.1) is 0 Å². The molecule has 1 aromatic carbocycles. The minimum Gasteiger partial charge on any atom is -0.378 e. The molecule has 1 aromatic heterocycles. The lowest BCUT2D eigenvalue weighted by Crippen LogP contribution is -2.36. The maximum atomic E-state index is 12.4. The fourth-order valence-corrected chi connectivity index (χ4v) is 3.10. The highest BCUT2D eigenvalue weighted by Gasteiger charge is 2.29. The van der Waals surface area contributed by atoms with E-state index in [1.54, 1.807) is 0 Å². The number of carbonyl (C=O) groups excluding carboxylic acids is 1. The van der Waals surface area contributed by atoms with Crippen LogP contribution < -0.4 is 15.5 Å². The van der Waals surface area contributed by atoms with Crippen LogP contribution in [0.25, 0.3) is 0 Å². The van der Waals surface area contributed by atoms with Gasteiger partial charge in [0.05, 0.1) is 25.3 Å². The zero-order chi connectivity index (χ0) is 17.9. The lowest BCUT2D eigenvalue weighted by molar-refractivity contribution is 0.122. The van der Waals surface area contributed by atoms with Gasteiger partial charge in [0.25, 0.3) is 0 Å². The summed E-state index contributed by atoms with van der Waals surface area (Å²) in [5.74, 6) is 0.685. The monoisotopic (exact) mass is 357 g/mol. The molecule has 0 unspecified atom stereocenters. The lowest BCUT2D eigenvalue weighted by Gasteiger charge is -2.29. The van der Waals surface area contributed by atoms with E-state index in [0.717, 1.165) is 50.5 Å². The van der Waals surface area contributed by atoms with E-state index in [1.807, 2.05) is 35.9 Å². The molecule has 26 heavy (non-hydrogen) atoms. The van der Waals surface area contributed by atoms with E-state index in [1.165, 1.54) is 0 Å². The van der Waals surface area contributed by atoms with E-state index in [0.29, 0.717) is 11.9 Å². The molecule has 0 bridgehead atoms. The van der Waals surface area contributed by atoms with Crippen LogP contribution in [0.2, 0.25) is 0 Å². The average Bonchev–Trinajstić information content (AvgIpc) is 3.38. The van der Waals surface area contributed by atoms with Gasteiger partial charge in [0, 0.05) is 24.5 Å². The number of ether oxygens (including phenoxy) is 1. The zero-order valence-electron chi connectivity index (χ0n) is 14.8. The van der Waals surface area contributed by atoms with Crippen molar-refractivity contribution in [1.29, 1.82) is 0 Å². The molecule has 0 radical (unpaired) electrons. The van der Waals surface area contributed by atoms with Crippen LogP contribution in [-0.2, 0) is 4.74 Å². The molecule has 1 aliphatic carbocycles. The summed E-state index contributed by atoms with van der Waals surface area (Å²) in [4.78, 5) is 14.6. The van der Waals surface area contributed by atoms with Gasteiger partial charge < -0.3 is 20.3 Å². The molecule has 0 spiro atoms. The molecular formula is C17H23N7O2. The van der Waals surface area contributed by atoms with Crippen molar-refractivity contribution in [2.24, 2.45) is 0 Å². The van der Waals surface area contributed by atoms with Gasteiger partial charge in [0.1, 0.15) is 0 Å². The first-order valence-corrected chi connectivity index (χ1v) is 8.99. The maximum absolute atomic E-state index is 12.4. The first kappa shape index (κ1) is 16.8. The zero-order valence-corrected chi connectivity index (χ0v) is 14.8. The summed E-state index contributed by atoms with van der Waals surface area (Å²) in [5.41, 5.74) is 1.83. The minimum atomic E-state index is -0.276. The van der Waals surface area contributed by atoms with Gasteiger partial charge in [0.2, 0.25) is 0 Å². The Morgan fingerprint density at radius 3 is 2.88 bits per heavy atom. The van der Waals surface area contributed by atoms with E-state index in [4.69, 9.17) is 4.74 Å². The Hall–Kier alpha value is -2.68. The van der Waals surface area contributed by atoms with Gasteiger partial charge in [-0.25, -0.2) is 9.48 Å². The number of amides is 2. The third kappa shape index (κ3) is 3.77. The maximum Gasteiger partial charge on any atom is 0.319 e. The first-order chi connectivity index (χ1) is 12.7. The summed E-state index contributed by atoms with van der Waals surface area (Å²) in [7, 11) is 0. The number of nitrogens with zero attached hydrogens (tertiary/aromatic N) is 5. The highest BCUT2D eigenvalue weighted by Crippen LogP contribution is 2.35. The second-order valence-corrected chi connectivity index (χ2v) is 6.68. The van der Waals surface area contributed by atoms with Crippen LogP contribution in [0.15, 0.2) is 24.3 Å². The van der Waals surface area contributed by atoms with Gasteiger partial charge in [-0.1, -0.05) is 6.07 Å². The number of nitrogens with one attached hydrogen (secondary N) is 2. The van der Waals surface area contributed by atoms with Crippen LogP contribution in [0.3, 0.4) is 0 Å². The van der Waals surface area contributed by atoms with Crippen LogP contribution >= 0.6 is 0 Å². The number of urea groups is 1. The molecular weight excluding hydrogens is 334 g/mol. The predicted molar refractivity (Wildman–Crippen MR) is 96.1 cm³/mol. The number of anilines is 2. The molecule has 2 amide bonds. The molecule has 4 rings (SSSR count). The quantitative estimate of drug-likeness (QED) is 0.846. The normalized spacial score (nSPS) is 18.4. The Bertz CT molecular complexity index is 768. The standard InChI is InChI=1S/C17H23N7O2/c1-12(16-20-21-22-24(16)14-5-6-14)18-17(25)19-13-3-2-4-15(11-13)23-7-9-26-10-8-23/h2-4,11-12,14H,5-10H2,1H3,(H2,18,19,25)/t12-/m0/s1. The van der Waals surface area contributed by atoms with Crippen molar-refractivity contribution >= 4 is 17.4 Å². The van der Waals surface area contributed by atoms with Crippen LogP contribution in [0.5, 0.6) is 0 Å². The Morgan fingerprint density at radius 2 is 2.12 bits per heavy atom.